The lowest BCUT2D eigenvalue weighted by Crippen LogP contribution is -2.39. The molecule has 0 bridgehead atoms. The van der Waals surface area contributed by atoms with Gasteiger partial charge < -0.3 is 4.90 Å². The highest BCUT2D eigenvalue weighted by Gasteiger charge is 2.27. The lowest BCUT2D eigenvalue weighted by molar-refractivity contribution is -0.132. The maximum Gasteiger partial charge on any atom is 0.227 e. The molecule has 0 aromatic heterocycles. The molecule has 18 heavy (non-hydrogen) atoms. The van der Waals surface area contributed by atoms with Crippen molar-refractivity contribution < 1.29 is 4.79 Å². The van der Waals surface area contributed by atoms with E-state index in [1.54, 1.807) is 0 Å². The van der Waals surface area contributed by atoms with Crippen molar-refractivity contribution in [1.82, 2.24) is 4.90 Å². The smallest absolute Gasteiger partial charge is 0.227 e. The first-order valence-electron chi connectivity index (χ1n) is 6.63. The topological polar surface area (TPSA) is 20.3 Å². The average molecular weight is 263 g/mol. The second-order valence-electron chi connectivity index (χ2n) is 5.43. The normalized spacial score (nSPS) is 14.9. The minimum Gasteiger partial charge on any atom is -0.340 e. The molecule has 0 unspecified atom stereocenters. The van der Waals surface area contributed by atoms with E-state index in [1.807, 2.05) is 29.2 Å². The van der Waals surface area contributed by atoms with Crippen LogP contribution in [0.1, 0.15) is 32.3 Å². The minimum absolute atomic E-state index is 0.240. The Bertz CT molecular complexity index is 409. The number of carbonyl (C=O) groups is 1. The molecule has 1 fully saturated rings. The van der Waals surface area contributed by atoms with Crippen LogP contribution in [0.5, 0.6) is 0 Å². The minimum atomic E-state index is 0.240. The van der Waals surface area contributed by atoms with Crippen LogP contribution in [0.25, 0.3) is 0 Å². The first-order chi connectivity index (χ1) is 8.56. The molecule has 0 radical (unpaired) electrons. The standard InChI is InChI=1S/C15H21NOS/c1-11(2)16(10-13-3-4-13)15(17)9-12-5-7-14(18)8-6-12/h5-8,11,13,18H,3-4,9-10H2,1-2H3. The van der Waals surface area contributed by atoms with E-state index >= 15 is 0 Å². The van der Waals surface area contributed by atoms with E-state index in [0.29, 0.717) is 12.5 Å². The molecule has 0 saturated heterocycles. The zero-order chi connectivity index (χ0) is 13.1. The molecular formula is C15H21NOS. The maximum absolute atomic E-state index is 12.3. The molecule has 98 valence electrons. The van der Waals surface area contributed by atoms with Gasteiger partial charge in [-0.2, -0.15) is 0 Å². The Hall–Kier alpha value is -0.960. The first-order valence-corrected chi connectivity index (χ1v) is 7.08. The van der Waals surface area contributed by atoms with Crippen molar-refractivity contribution in [2.75, 3.05) is 6.54 Å². The van der Waals surface area contributed by atoms with Crippen LogP contribution in [-0.4, -0.2) is 23.4 Å². The van der Waals surface area contributed by atoms with E-state index in [4.69, 9.17) is 0 Å². The summed E-state index contributed by atoms with van der Waals surface area (Å²) >= 11 is 4.25. The molecule has 0 N–H and O–H groups in total. The van der Waals surface area contributed by atoms with Gasteiger partial charge >= 0.3 is 0 Å². The second-order valence-corrected chi connectivity index (χ2v) is 5.94. The fourth-order valence-electron chi connectivity index (χ4n) is 2.07. The Kier molecular flexibility index (Phi) is 4.33. The SMILES string of the molecule is CC(C)N(CC1CC1)C(=O)Cc1ccc(S)cc1. The molecule has 3 heteroatoms. The fourth-order valence-corrected chi connectivity index (χ4v) is 2.22. The zero-order valence-corrected chi connectivity index (χ0v) is 12.0. The zero-order valence-electron chi connectivity index (χ0n) is 11.1. The predicted molar refractivity (Wildman–Crippen MR) is 77.0 cm³/mol. The van der Waals surface area contributed by atoms with Crippen LogP contribution in [0.4, 0.5) is 0 Å². The monoisotopic (exact) mass is 263 g/mol. The Morgan fingerprint density at radius 2 is 1.94 bits per heavy atom. The van der Waals surface area contributed by atoms with Crippen molar-refractivity contribution in [3.8, 4) is 0 Å². The molecule has 1 saturated carbocycles. The third kappa shape index (κ3) is 3.77. The van der Waals surface area contributed by atoms with Gasteiger partial charge in [-0.15, -0.1) is 12.6 Å². The second kappa shape index (κ2) is 5.79. The Labute approximate surface area is 115 Å². The van der Waals surface area contributed by atoms with Gasteiger partial charge in [-0.25, -0.2) is 0 Å². The summed E-state index contributed by atoms with van der Waals surface area (Å²) in [4.78, 5) is 15.3. The van der Waals surface area contributed by atoms with Gasteiger partial charge in [0.05, 0.1) is 6.42 Å². The molecule has 1 amide bonds. The van der Waals surface area contributed by atoms with Gasteiger partial charge in [-0.1, -0.05) is 12.1 Å². The van der Waals surface area contributed by atoms with Crippen LogP contribution < -0.4 is 0 Å². The van der Waals surface area contributed by atoms with Gasteiger partial charge in [0, 0.05) is 17.5 Å². The Morgan fingerprint density at radius 3 is 2.44 bits per heavy atom. The van der Waals surface area contributed by atoms with Crippen LogP contribution in [0, 0.1) is 5.92 Å². The summed E-state index contributed by atoms with van der Waals surface area (Å²) in [5.41, 5.74) is 1.07. The van der Waals surface area contributed by atoms with E-state index in [2.05, 4.69) is 26.5 Å². The maximum atomic E-state index is 12.3. The van der Waals surface area contributed by atoms with Gasteiger partial charge in [-0.3, -0.25) is 4.79 Å². The summed E-state index contributed by atoms with van der Waals surface area (Å²) in [6.07, 6.45) is 3.06. The number of thiol groups is 1. The van der Waals surface area contributed by atoms with Crippen molar-refractivity contribution in [2.45, 2.75) is 44.0 Å². The van der Waals surface area contributed by atoms with Crippen molar-refractivity contribution in [3.63, 3.8) is 0 Å². The van der Waals surface area contributed by atoms with Crippen molar-refractivity contribution in [1.29, 1.82) is 0 Å². The summed E-state index contributed by atoms with van der Waals surface area (Å²) in [5, 5.41) is 0. The molecule has 1 aliphatic carbocycles. The lowest BCUT2D eigenvalue weighted by atomic mass is 10.1. The molecule has 0 spiro atoms. The third-order valence-electron chi connectivity index (χ3n) is 3.39. The summed E-state index contributed by atoms with van der Waals surface area (Å²) in [6, 6.07) is 8.13. The van der Waals surface area contributed by atoms with Gasteiger partial charge in [0.1, 0.15) is 0 Å². The first kappa shape index (κ1) is 13.5. The van der Waals surface area contributed by atoms with Gasteiger partial charge in [0.25, 0.3) is 0 Å². The largest absolute Gasteiger partial charge is 0.340 e. The Balaban J connectivity index is 1.97. The highest BCUT2D eigenvalue weighted by Crippen LogP contribution is 2.30. The summed E-state index contributed by atoms with van der Waals surface area (Å²) in [5.74, 6) is 0.986. The van der Waals surface area contributed by atoms with Crippen LogP contribution in [0.2, 0.25) is 0 Å². The molecule has 2 rings (SSSR count). The highest BCUT2D eigenvalue weighted by atomic mass is 32.1. The fraction of sp³-hybridized carbons (Fsp3) is 0.533. The van der Waals surface area contributed by atoms with Crippen LogP contribution in [0.3, 0.4) is 0 Å². The molecule has 1 aromatic carbocycles. The van der Waals surface area contributed by atoms with Crippen molar-refractivity contribution in [3.05, 3.63) is 29.8 Å². The lowest BCUT2D eigenvalue weighted by Gasteiger charge is -2.27. The molecular weight excluding hydrogens is 242 g/mol. The van der Waals surface area contributed by atoms with Crippen LogP contribution in [0.15, 0.2) is 29.2 Å². The number of benzene rings is 1. The van der Waals surface area contributed by atoms with E-state index in [0.717, 1.165) is 22.9 Å². The predicted octanol–water partition coefficient (Wildman–Crippen LogP) is 3.16. The van der Waals surface area contributed by atoms with Crippen LogP contribution in [-0.2, 0) is 11.2 Å². The van der Waals surface area contributed by atoms with E-state index in [-0.39, 0.29) is 5.91 Å². The molecule has 0 aliphatic heterocycles. The highest BCUT2D eigenvalue weighted by molar-refractivity contribution is 7.80. The van der Waals surface area contributed by atoms with Gasteiger partial charge in [0.15, 0.2) is 0 Å². The summed E-state index contributed by atoms with van der Waals surface area (Å²) in [6.45, 7) is 5.12. The van der Waals surface area contributed by atoms with Crippen LogP contribution >= 0.6 is 12.6 Å². The molecule has 0 heterocycles. The molecule has 1 aromatic rings. The third-order valence-corrected chi connectivity index (χ3v) is 3.69. The number of amides is 1. The number of hydrogen-bond acceptors (Lipinski definition) is 2. The number of nitrogens with zero attached hydrogens (tertiary/aromatic N) is 1. The Morgan fingerprint density at radius 1 is 1.33 bits per heavy atom. The molecule has 2 nitrogen and oxygen atoms in total. The van der Waals surface area contributed by atoms with E-state index < -0.39 is 0 Å². The summed E-state index contributed by atoms with van der Waals surface area (Å²) in [7, 11) is 0. The quantitative estimate of drug-likeness (QED) is 0.809. The molecule has 0 atom stereocenters. The summed E-state index contributed by atoms with van der Waals surface area (Å²) < 4.78 is 0. The van der Waals surface area contributed by atoms with Gasteiger partial charge in [-0.05, 0) is 50.3 Å². The number of rotatable bonds is 5. The average Bonchev–Trinajstić information content (AvgIpc) is 3.12. The van der Waals surface area contributed by atoms with E-state index in [1.165, 1.54) is 12.8 Å². The number of hydrogen-bond donors (Lipinski definition) is 1. The van der Waals surface area contributed by atoms with E-state index in [9.17, 15) is 4.79 Å². The van der Waals surface area contributed by atoms with Crippen molar-refractivity contribution >= 4 is 18.5 Å². The number of carbonyl (C=O) groups excluding carboxylic acids is 1. The van der Waals surface area contributed by atoms with Crippen molar-refractivity contribution in [2.24, 2.45) is 5.92 Å². The van der Waals surface area contributed by atoms with Gasteiger partial charge in [0.2, 0.25) is 5.91 Å². The molecule has 1 aliphatic rings.